The first kappa shape index (κ1) is 16.0. The van der Waals surface area contributed by atoms with Gasteiger partial charge in [0.2, 0.25) is 0 Å². The van der Waals surface area contributed by atoms with Crippen LogP contribution in [-0.2, 0) is 9.84 Å². The van der Waals surface area contributed by atoms with Gasteiger partial charge in [0.1, 0.15) is 0 Å². The highest BCUT2D eigenvalue weighted by molar-refractivity contribution is 7.91. The predicted octanol–water partition coefficient (Wildman–Crippen LogP) is 1.04. The number of likely N-dealkylation sites (tertiary alicyclic amines) is 1. The third-order valence-electron chi connectivity index (χ3n) is 4.06. The molecule has 0 saturated carbocycles. The Hall–Kier alpha value is -0.340. The molecular weight excluding hydrogens is 293 g/mol. The van der Waals surface area contributed by atoms with Crippen molar-refractivity contribution in [1.29, 1.82) is 0 Å². The monoisotopic (exact) mass is 314 g/mol. The van der Waals surface area contributed by atoms with Gasteiger partial charge in [-0.25, -0.2) is 8.42 Å². The van der Waals surface area contributed by atoms with E-state index in [0.29, 0.717) is 32.5 Å². The Morgan fingerprint density at radius 2 is 2.05 bits per heavy atom. The minimum atomic E-state index is -4.12. The van der Waals surface area contributed by atoms with Crippen LogP contribution in [0.3, 0.4) is 0 Å². The minimum absolute atomic E-state index is 0.0446. The first-order valence-electron chi connectivity index (χ1n) is 6.99. The van der Waals surface area contributed by atoms with Gasteiger partial charge in [-0.15, -0.1) is 0 Å². The molecule has 0 aromatic heterocycles. The lowest BCUT2D eigenvalue weighted by Crippen LogP contribution is -2.48. The second-order valence-electron chi connectivity index (χ2n) is 5.74. The summed E-state index contributed by atoms with van der Waals surface area (Å²) in [5.41, 5.74) is 0. The van der Waals surface area contributed by atoms with Gasteiger partial charge in [0.25, 0.3) is 0 Å². The lowest BCUT2D eigenvalue weighted by molar-refractivity contribution is -0.186. The van der Waals surface area contributed by atoms with Crippen molar-refractivity contribution in [2.75, 3.05) is 37.7 Å². The van der Waals surface area contributed by atoms with Crippen molar-refractivity contribution in [2.24, 2.45) is 5.92 Å². The molecule has 4 nitrogen and oxygen atoms in total. The highest BCUT2D eigenvalue weighted by Crippen LogP contribution is 2.33. The second-order valence-corrected chi connectivity index (χ2v) is 7.96. The van der Waals surface area contributed by atoms with Gasteiger partial charge in [-0.05, 0) is 32.4 Å². The van der Waals surface area contributed by atoms with Crippen molar-refractivity contribution < 1.29 is 21.6 Å². The first-order valence-corrected chi connectivity index (χ1v) is 8.81. The molecule has 20 heavy (non-hydrogen) atoms. The molecule has 0 radical (unpaired) electrons. The van der Waals surface area contributed by atoms with Crippen LogP contribution in [0.1, 0.15) is 19.3 Å². The molecule has 2 aliphatic heterocycles. The van der Waals surface area contributed by atoms with E-state index in [-0.39, 0.29) is 30.5 Å². The van der Waals surface area contributed by atoms with Crippen LogP contribution in [0.25, 0.3) is 0 Å². The molecule has 0 aromatic carbocycles. The number of nitrogens with zero attached hydrogens (tertiary/aromatic N) is 1. The Morgan fingerprint density at radius 1 is 1.30 bits per heavy atom. The maximum Gasteiger partial charge on any atom is 0.393 e. The smallest absolute Gasteiger partial charge is 0.312 e. The minimum Gasteiger partial charge on any atom is -0.312 e. The van der Waals surface area contributed by atoms with Crippen molar-refractivity contribution in [1.82, 2.24) is 10.2 Å². The van der Waals surface area contributed by atoms with Crippen LogP contribution in [0.4, 0.5) is 13.2 Å². The van der Waals surface area contributed by atoms with Crippen LogP contribution < -0.4 is 5.32 Å². The van der Waals surface area contributed by atoms with Gasteiger partial charge >= 0.3 is 6.18 Å². The highest BCUT2D eigenvalue weighted by Gasteiger charge is 2.41. The molecule has 2 unspecified atom stereocenters. The molecular formula is C12H21F3N2O2S. The van der Waals surface area contributed by atoms with Gasteiger partial charge < -0.3 is 10.2 Å². The Labute approximate surface area is 117 Å². The first-order chi connectivity index (χ1) is 9.26. The zero-order valence-corrected chi connectivity index (χ0v) is 12.1. The normalized spacial score (nSPS) is 32.1. The lowest BCUT2D eigenvalue weighted by atomic mass is 9.97. The van der Waals surface area contributed by atoms with Crippen molar-refractivity contribution >= 4 is 9.84 Å². The maximum absolute atomic E-state index is 12.7. The summed E-state index contributed by atoms with van der Waals surface area (Å²) in [6, 6.07) is -0.125. The SMILES string of the molecule is O=S1(=O)CCNC(CCN2CCCC(C(F)(F)F)C2)C1. The molecule has 0 spiro atoms. The molecule has 0 bridgehead atoms. The van der Waals surface area contributed by atoms with Gasteiger partial charge in [-0.2, -0.15) is 13.2 Å². The number of hydrogen-bond donors (Lipinski definition) is 1. The molecule has 2 rings (SSSR count). The number of piperidine rings is 1. The molecule has 2 saturated heterocycles. The van der Waals surface area contributed by atoms with E-state index in [9.17, 15) is 21.6 Å². The van der Waals surface area contributed by atoms with Crippen LogP contribution in [0.2, 0.25) is 0 Å². The van der Waals surface area contributed by atoms with Gasteiger partial charge in [-0.3, -0.25) is 0 Å². The molecule has 0 amide bonds. The molecule has 2 atom stereocenters. The van der Waals surface area contributed by atoms with Gasteiger partial charge in [0.15, 0.2) is 9.84 Å². The molecule has 1 N–H and O–H groups in total. The maximum atomic E-state index is 12.7. The number of nitrogens with one attached hydrogen (secondary N) is 1. The molecule has 2 heterocycles. The van der Waals surface area contributed by atoms with Crippen molar-refractivity contribution in [3.05, 3.63) is 0 Å². The van der Waals surface area contributed by atoms with E-state index in [0.717, 1.165) is 0 Å². The Kier molecular flexibility index (Phi) is 4.96. The quantitative estimate of drug-likeness (QED) is 0.845. The van der Waals surface area contributed by atoms with Crippen LogP contribution in [-0.4, -0.2) is 63.2 Å². The number of sulfone groups is 1. The van der Waals surface area contributed by atoms with E-state index in [2.05, 4.69) is 5.32 Å². The number of alkyl halides is 3. The summed E-state index contributed by atoms with van der Waals surface area (Å²) in [5.74, 6) is -0.980. The molecule has 118 valence electrons. The average Bonchev–Trinajstić information content (AvgIpc) is 2.35. The van der Waals surface area contributed by atoms with Gasteiger partial charge in [0, 0.05) is 19.1 Å². The zero-order chi connectivity index (χ0) is 14.8. The summed E-state index contributed by atoms with van der Waals surface area (Å²) in [4.78, 5) is 1.81. The van der Waals surface area contributed by atoms with Gasteiger partial charge in [-0.1, -0.05) is 0 Å². The summed E-state index contributed by atoms with van der Waals surface area (Å²) in [6.45, 7) is 1.69. The van der Waals surface area contributed by atoms with E-state index in [1.807, 2.05) is 4.90 Å². The van der Waals surface area contributed by atoms with Crippen LogP contribution in [0.5, 0.6) is 0 Å². The molecule has 2 aliphatic rings. The summed E-state index contributed by atoms with van der Waals surface area (Å²) < 4.78 is 61.1. The van der Waals surface area contributed by atoms with Crippen molar-refractivity contribution in [3.8, 4) is 0 Å². The molecule has 0 aromatic rings. The summed E-state index contributed by atoms with van der Waals surface area (Å²) in [7, 11) is -2.98. The number of hydrogen-bond acceptors (Lipinski definition) is 4. The summed E-state index contributed by atoms with van der Waals surface area (Å²) in [6.07, 6.45) is -2.77. The predicted molar refractivity (Wildman–Crippen MR) is 70.3 cm³/mol. The fourth-order valence-corrected chi connectivity index (χ4v) is 4.41. The van der Waals surface area contributed by atoms with Crippen molar-refractivity contribution in [3.63, 3.8) is 0 Å². The highest BCUT2D eigenvalue weighted by atomic mass is 32.2. The third-order valence-corrected chi connectivity index (χ3v) is 5.80. The van der Waals surface area contributed by atoms with Crippen LogP contribution >= 0.6 is 0 Å². The Bertz CT molecular complexity index is 425. The fraction of sp³-hybridized carbons (Fsp3) is 1.00. The van der Waals surface area contributed by atoms with E-state index in [1.54, 1.807) is 0 Å². The zero-order valence-electron chi connectivity index (χ0n) is 11.3. The van der Waals surface area contributed by atoms with E-state index in [1.165, 1.54) is 0 Å². The standard InChI is InChI=1S/C12H21F3N2O2S/c13-12(14,15)10-2-1-5-17(8-10)6-3-11-9-20(18,19)7-4-16-11/h10-11,16H,1-9H2. The number of halogens is 3. The Morgan fingerprint density at radius 3 is 2.70 bits per heavy atom. The number of rotatable bonds is 3. The lowest BCUT2D eigenvalue weighted by Gasteiger charge is -2.35. The van der Waals surface area contributed by atoms with Crippen LogP contribution in [0.15, 0.2) is 0 Å². The van der Waals surface area contributed by atoms with E-state index < -0.39 is 21.9 Å². The second kappa shape index (κ2) is 6.19. The molecule has 8 heteroatoms. The van der Waals surface area contributed by atoms with Gasteiger partial charge in [0.05, 0.1) is 17.4 Å². The fourth-order valence-electron chi connectivity index (χ4n) is 2.92. The van der Waals surface area contributed by atoms with Crippen LogP contribution in [0, 0.1) is 5.92 Å². The summed E-state index contributed by atoms with van der Waals surface area (Å²) >= 11 is 0. The molecule has 2 fully saturated rings. The average molecular weight is 314 g/mol. The van der Waals surface area contributed by atoms with E-state index >= 15 is 0 Å². The van der Waals surface area contributed by atoms with E-state index in [4.69, 9.17) is 0 Å². The third kappa shape index (κ3) is 4.60. The Balaban J connectivity index is 1.79. The molecule has 0 aliphatic carbocycles. The van der Waals surface area contributed by atoms with Crippen molar-refractivity contribution in [2.45, 2.75) is 31.5 Å². The topological polar surface area (TPSA) is 49.4 Å². The largest absolute Gasteiger partial charge is 0.393 e. The summed E-state index contributed by atoms with van der Waals surface area (Å²) in [5, 5.41) is 3.13.